The van der Waals surface area contributed by atoms with Crippen LogP contribution in [0.4, 0.5) is 8.78 Å². The molecule has 2 rings (SSSR count). The monoisotopic (exact) mass is 426 g/mol. The van der Waals surface area contributed by atoms with Crippen LogP contribution in [0, 0.1) is 11.6 Å². The predicted molar refractivity (Wildman–Crippen MR) is 76.0 cm³/mol. The van der Waals surface area contributed by atoms with Crippen molar-refractivity contribution in [2.75, 3.05) is 0 Å². The minimum absolute atomic E-state index is 0.120. The summed E-state index contributed by atoms with van der Waals surface area (Å²) in [7, 11) is -4.15. The van der Waals surface area contributed by atoms with E-state index in [1.165, 1.54) is 18.2 Å². The number of halogens is 4. The lowest BCUT2D eigenvalue weighted by Crippen LogP contribution is -2.10. The number of hydrogen-bond donors (Lipinski definition) is 0. The zero-order chi connectivity index (χ0) is 14.9. The first kappa shape index (κ1) is 15.4. The van der Waals surface area contributed by atoms with Gasteiger partial charge in [-0.25, -0.2) is 8.78 Å². The molecule has 0 atom stereocenters. The summed E-state index contributed by atoms with van der Waals surface area (Å²) in [5.41, 5.74) is 0. The molecule has 0 N–H and O–H groups in total. The first-order valence-corrected chi connectivity index (χ1v) is 8.13. The van der Waals surface area contributed by atoms with E-state index in [9.17, 15) is 17.2 Å². The van der Waals surface area contributed by atoms with E-state index < -0.39 is 21.8 Å². The van der Waals surface area contributed by atoms with Gasteiger partial charge in [-0.1, -0.05) is 15.9 Å². The first-order valence-electron chi connectivity index (χ1n) is 5.14. The van der Waals surface area contributed by atoms with Crippen molar-refractivity contribution >= 4 is 42.0 Å². The van der Waals surface area contributed by atoms with Crippen molar-refractivity contribution in [1.29, 1.82) is 0 Å². The van der Waals surface area contributed by atoms with E-state index in [2.05, 4.69) is 31.9 Å². The Bertz CT molecular complexity index is 763. The van der Waals surface area contributed by atoms with Crippen molar-refractivity contribution in [2.45, 2.75) is 4.90 Å². The maximum absolute atomic E-state index is 13.0. The van der Waals surface area contributed by atoms with Crippen LogP contribution < -0.4 is 4.18 Å². The largest absolute Gasteiger partial charge is 0.379 e. The molecule has 20 heavy (non-hydrogen) atoms. The SMILES string of the molecule is O=S(=O)(Oc1ccc(F)c(F)c1)c1ccc(Br)cc1Br. The van der Waals surface area contributed by atoms with Gasteiger partial charge in [-0.2, -0.15) is 8.42 Å². The molecule has 2 aromatic carbocycles. The first-order chi connectivity index (χ1) is 9.29. The Morgan fingerprint density at radius 1 is 0.950 bits per heavy atom. The van der Waals surface area contributed by atoms with Crippen molar-refractivity contribution in [1.82, 2.24) is 0 Å². The molecule has 3 nitrogen and oxygen atoms in total. The molecule has 0 heterocycles. The lowest BCUT2D eigenvalue weighted by molar-refractivity contribution is 0.472. The molecular formula is C12H6Br2F2O3S. The number of rotatable bonds is 3. The molecule has 0 saturated heterocycles. The fraction of sp³-hybridized carbons (Fsp3) is 0. The molecule has 0 bridgehead atoms. The van der Waals surface area contributed by atoms with E-state index in [0.717, 1.165) is 12.1 Å². The van der Waals surface area contributed by atoms with Crippen LogP contribution in [-0.4, -0.2) is 8.42 Å². The quantitative estimate of drug-likeness (QED) is 0.687. The van der Waals surface area contributed by atoms with Crippen LogP contribution in [0.3, 0.4) is 0 Å². The number of benzene rings is 2. The van der Waals surface area contributed by atoms with Gasteiger partial charge in [0.1, 0.15) is 10.6 Å². The molecule has 106 valence electrons. The van der Waals surface area contributed by atoms with Gasteiger partial charge in [0, 0.05) is 15.0 Å². The molecule has 0 unspecified atom stereocenters. The third-order valence-electron chi connectivity index (χ3n) is 2.26. The second kappa shape index (κ2) is 5.79. The van der Waals surface area contributed by atoms with E-state index in [1.54, 1.807) is 0 Å². The van der Waals surface area contributed by atoms with Gasteiger partial charge in [-0.3, -0.25) is 0 Å². The van der Waals surface area contributed by atoms with E-state index in [-0.39, 0.29) is 15.1 Å². The molecule has 0 aliphatic heterocycles. The molecule has 0 aromatic heterocycles. The van der Waals surface area contributed by atoms with Crippen LogP contribution in [0.25, 0.3) is 0 Å². The average molecular weight is 428 g/mol. The summed E-state index contributed by atoms with van der Waals surface area (Å²) in [5, 5.41) is 0. The highest BCUT2D eigenvalue weighted by Gasteiger charge is 2.20. The maximum Gasteiger partial charge on any atom is 0.340 e. The van der Waals surface area contributed by atoms with Gasteiger partial charge in [-0.15, -0.1) is 0 Å². The van der Waals surface area contributed by atoms with Gasteiger partial charge in [0.25, 0.3) is 0 Å². The molecule has 2 aromatic rings. The topological polar surface area (TPSA) is 43.4 Å². The van der Waals surface area contributed by atoms with Crippen molar-refractivity contribution in [3.8, 4) is 5.75 Å². The Hall–Kier alpha value is -0.990. The third kappa shape index (κ3) is 3.36. The van der Waals surface area contributed by atoms with Crippen LogP contribution in [-0.2, 0) is 10.1 Å². The highest BCUT2D eigenvalue weighted by molar-refractivity contribution is 9.11. The Morgan fingerprint density at radius 2 is 1.65 bits per heavy atom. The summed E-state index contributed by atoms with van der Waals surface area (Å²) in [4.78, 5) is -0.120. The minimum atomic E-state index is -4.15. The summed E-state index contributed by atoms with van der Waals surface area (Å²) in [6.45, 7) is 0. The Balaban J connectivity index is 2.38. The average Bonchev–Trinajstić information content (AvgIpc) is 2.33. The molecule has 0 amide bonds. The predicted octanol–water partition coefficient (Wildman–Crippen LogP) is 4.26. The van der Waals surface area contributed by atoms with E-state index >= 15 is 0 Å². The van der Waals surface area contributed by atoms with Gasteiger partial charge >= 0.3 is 10.1 Å². The van der Waals surface area contributed by atoms with Gasteiger partial charge in [0.15, 0.2) is 11.6 Å². The zero-order valence-corrected chi connectivity index (χ0v) is 13.6. The van der Waals surface area contributed by atoms with E-state index in [4.69, 9.17) is 4.18 Å². The number of hydrogen-bond acceptors (Lipinski definition) is 3. The van der Waals surface area contributed by atoms with Crippen molar-refractivity contribution < 1.29 is 21.4 Å². The Morgan fingerprint density at radius 3 is 2.25 bits per heavy atom. The molecule has 0 aliphatic carbocycles. The fourth-order valence-electron chi connectivity index (χ4n) is 1.38. The lowest BCUT2D eigenvalue weighted by atomic mass is 10.3. The van der Waals surface area contributed by atoms with Crippen LogP contribution in [0.2, 0.25) is 0 Å². The molecule has 0 spiro atoms. The smallest absolute Gasteiger partial charge is 0.340 e. The van der Waals surface area contributed by atoms with Crippen LogP contribution in [0.1, 0.15) is 0 Å². The highest BCUT2D eigenvalue weighted by Crippen LogP contribution is 2.28. The lowest BCUT2D eigenvalue weighted by Gasteiger charge is -2.09. The van der Waals surface area contributed by atoms with Crippen LogP contribution >= 0.6 is 31.9 Å². The van der Waals surface area contributed by atoms with Crippen molar-refractivity contribution in [2.24, 2.45) is 0 Å². The molecular weight excluding hydrogens is 422 g/mol. The zero-order valence-electron chi connectivity index (χ0n) is 9.61. The molecule has 0 fully saturated rings. The standard InChI is InChI=1S/C12H6Br2F2O3S/c13-7-1-4-12(9(14)5-7)20(17,18)19-8-2-3-10(15)11(16)6-8/h1-6H. The van der Waals surface area contributed by atoms with E-state index in [1.807, 2.05) is 0 Å². The Kier molecular flexibility index (Phi) is 4.46. The van der Waals surface area contributed by atoms with Gasteiger partial charge in [-0.05, 0) is 46.3 Å². The minimum Gasteiger partial charge on any atom is -0.379 e. The molecule has 8 heteroatoms. The molecule has 0 radical (unpaired) electrons. The Labute approximate surface area is 131 Å². The van der Waals surface area contributed by atoms with Crippen molar-refractivity contribution in [3.63, 3.8) is 0 Å². The maximum atomic E-state index is 13.0. The summed E-state index contributed by atoms with van der Waals surface area (Å²) in [6, 6.07) is 6.86. The normalized spacial score (nSPS) is 11.4. The summed E-state index contributed by atoms with van der Waals surface area (Å²) >= 11 is 6.29. The molecule has 0 aliphatic rings. The van der Waals surface area contributed by atoms with Crippen molar-refractivity contribution in [3.05, 3.63) is 57.0 Å². The second-order valence-electron chi connectivity index (χ2n) is 3.69. The summed E-state index contributed by atoms with van der Waals surface area (Å²) in [6.07, 6.45) is 0. The van der Waals surface area contributed by atoms with Crippen LogP contribution in [0.5, 0.6) is 5.75 Å². The third-order valence-corrected chi connectivity index (χ3v) is 4.98. The van der Waals surface area contributed by atoms with Crippen LogP contribution in [0.15, 0.2) is 50.2 Å². The van der Waals surface area contributed by atoms with Gasteiger partial charge < -0.3 is 4.18 Å². The summed E-state index contributed by atoms with van der Waals surface area (Å²) in [5.74, 6) is -2.58. The highest BCUT2D eigenvalue weighted by atomic mass is 79.9. The summed E-state index contributed by atoms with van der Waals surface area (Å²) < 4.78 is 55.6. The molecule has 0 saturated carbocycles. The van der Waals surface area contributed by atoms with Gasteiger partial charge in [0.05, 0.1) is 0 Å². The van der Waals surface area contributed by atoms with E-state index in [0.29, 0.717) is 10.5 Å². The second-order valence-corrected chi connectivity index (χ2v) is 6.97. The fourth-order valence-corrected chi connectivity index (χ4v) is 4.00. The van der Waals surface area contributed by atoms with Gasteiger partial charge in [0.2, 0.25) is 0 Å².